The van der Waals surface area contributed by atoms with Crippen LogP contribution in [0.3, 0.4) is 0 Å². The molecule has 0 aliphatic carbocycles. The summed E-state index contributed by atoms with van der Waals surface area (Å²) in [4.78, 5) is 2.43. The molecule has 2 heteroatoms. The highest BCUT2D eigenvalue weighted by Crippen LogP contribution is 2.40. The van der Waals surface area contributed by atoms with Crippen LogP contribution in [0.1, 0.15) is 39.2 Å². The quantitative estimate of drug-likeness (QED) is 0.773. The maximum absolute atomic E-state index is 9.21. The fourth-order valence-corrected chi connectivity index (χ4v) is 2.78. The van der Waals surface area contributed by atoms with E-state index < -0.39 is 0 Å². The molecule has 17 heavy (non-hydrogen) atoms. The first-order chi connectivity index (χ1) is 8.09. The predicted octanol–water partition coefficient (Wildman–Crippen LogP) is 3.57. The van der Waals surface area contributed by atoms with Gasteiger partial charge in [0.15, 0.2) is 0 Å². The first-order valence-corrected chi connectivity index (χ1v) is 6.36. The lowest BCUT2D eigenvalue weighted by molar-refractivity contribution is 0.340. The van der Waals surface area contributed by atoms with Crippen molar-refractivity contribution in [2.24, 2.45) is 5.92 Å². The van der Waals surface area contributed by atoms with Crippen molar-refractivity contribution in [3.05, 3.63) is 29.8 Å². The van der Waals surface area contributed by atoms with Gasteiger partial charge in [0.2, 0.25) is 0 Å². The molecular weight excluding hydrogens is 208 g/mol. The number of benzene rings is 1. The van der Waals surface area contributed by atoms with Crippen LogP contribution >= 0.6 is 0 Å². The summed E-state index contributed by atoms with van der Waals surface area (Å²) >= 11 is 0. The van der Waals surface area contributed by atoms with E-state index in [0.29, 0.717) is 5.92 Å². The number of hydrogen-bond acceptors (Lipinski definition) is 2. The van der Waals surface area contributed by atoms with E-state index >= 15 is 0 Å². The third-order valence-corrected chi connectivity index (χ3v) is 4.24. The molecule has 1 aliphatic heterocycles. The van der Waals surface area contributed by atoms with Gasteiger partial charge >= 0.3 is 0 Å². The van der Waals surface area contributed by atoms with E-state index in [9.17, 15) is 5.26 Å². The number of anilines is 1. The summed E-state index contributed by atoms with van der Waals surface area (Å²) in [6.45, 7) is 7.92. The number of para-hydroxylation sites is 1. The minimum absolute atomic E-state index is 0.187. The number of nitrogens with zero attached hydrogens (tertiary/aromatic N) is 2. The molecule has 0 spiro atoms. The van der Waals surface area contributed by atoms with Crippen LogP contribution < -0.4 is 4.90 Å². The Morgan fingerprint density at radius 1 is 1.35 bits per heavy atom. The average molecular weight is 228 g/mol. The topological polar surface area (TPSA) is 27.0 Å². The largest absolute Gasteiger partial charge is 0.365 e. The molecule has 1 heterocycles. The SMILES string of the molecule is CC(C)[C@@]1(C)CCCN1c1ccccc1C#N. The first kappa shape index (κ1) is 12.0. The van der Waals surface area contributed by atoms with Gasteiger partial charge in [-0.3, -0.25) is 0 Å². The van der Waals surface area contributed by atoms with E-state index in [0.717, 1.165) is 17.8 Å². The Morgan fingerprint density at radius 2 is 2.06 bits per heavy atom. The molecule has 0 N–H and O–H groups in total. The molecule has 1 aromatic carbocycles. The van der Waals surface area contributed by atoms with Crippen molar-refractivity contribution in [2.75, 3.05) is 11.4 Å². The highest BCUT2D eigenvalue weighted by atomic mass is 15.2. The lowest BCUT2D eigenvalue weighted by Crippen LogP contribution is -2.45. The molecule has 0 radical (unpaired) electrons. The van der Waals surface area contributed by atoms with Crippen molar-refractivity contribution >= 4 is 5.69 Å². The molecule has 0 amide bonds. The molecule has 0 saturated carbocycles. The Morgan fingerprint density at radius 3 is 2.71 bits per heavy atom. The van der Waals surface area contributed by atoms with Crippen LogP contribution in [0.2, 0.25) is 0 Å². The van der Waals surface area contributed by atoms with Crippen molar-refractivity contribution < 1.29 is 0 Å². The van der Waals surface area contributed by atoms with Gasteiger partial charge in [-0.2, -0.15) is 5.26 Å². The molecule has 1 atom stereocenters. The standard InChI is InChI=1S/C15H20N2/c1-12(2)15(3)9-6-10-17(15)14-8-5-4-7-13(14)11-16/h4-5,7-8,12H,6,9-10H2,1-3H3/t15-/m1/s1. The summed E-state index contributed by atoms with van der Waals surface area (Å²) < 4.78 is 0. The van der Waals surface area contributed by atoms with Gasteiger partial charge < -0.3 is 4.90 Å². The molecule has 0 unspecified atom stereocenters. The number of hydrogen-bond donors (Lipinski definition) is 0. The van der Waals surface area contributed by atoms with Crippen LogP contribution in [-0.2, 0) is 0 Å². The van der Waals surface area contributed by atoms with E-state index in [1.165, 1.54) is 12.8 Å². The van der Waals surface area contributed by atoms with Crippen molar-refractivity contribution in [1.29, 1.82) is 5.26 Å². The third-order valence-electron chi connectivity index (χ3n) is 4.24. The molecule has 1 aromatic rings. The minimum Gasteiger partial charge on any atom is -0.365 e. The number of nitriles is 1. The average Bonchev–Trinajstić information content (AvgIpc) is 2.72. The van der Waals surface area contributed by atoms with Gasteiger partial charge in [0, 0.05) is 12.1 Å². The Kier molecular flexibility index (Phi) is 3.11. The zero-order valence-electron chi connectivity index (χ0n) is 10.9. The normalized spacial score (nSPS) is 24.1. The van der Waals surface area contributed by atoms with Gasteiger partial charge in [0.25, 0.3) is 0 Å². The van der Waals surface area contributed by atoms with E-state index in [4.69, 9.17) is 0 Å². The van der Waals surface area contributed by atoms with Gasteiger partial charge in [-0.05, 0) is 37.8 Å². The van der Waals surface area contributed by atoms with Crippen molar-refractivity contribution in [1.82, 2.24) is 0 Å². The highest BCUT2D eigenvalue weighted by Gasteiger charge is 2.39. The summed E-state index contributed by atoms with van der Waals surface area (Å²) in [6.07, 6.45) is 2.43. The summed E-state index contributed by atoms with van der Waals surface area (Å²) in [5, 5.41) is 9.21. The first-order valence-electron chi connectivity index (χ1n) is 6.36. The van der Waals surface area contributed by atoms with Gasteiger partial charge in [-0.25, -0.2) is 0 Å². The molecular formula is C15H20N2. The van der Waals surface area contributed by atoms with E-state index in [-0.39, 0.29) is 5.54 Å². The second kappa shape index (κ2) is 4.41. The molecule has 90 valence electrons. The molecule has 0 bridgehead atoms. The van der Waals surface area contributed by atoms with Gasteiger partial charge in [-0.15, -0.1) is 0 Å². The molecule has 1 aliphatic rings. The van der Waals surface area contributed by atoms with E-state index in [2.05, 4.69) is 37.8 Å². The van der Waals surface area contributed by atoms with Gasteiger partial charge in [0.05, 0.1) is 11.3 Å². The Balaban J connectivity index is 2.43. The second-order valence-corrected chi connectivity index (χ2v) is 5.40. The Hall–Kier alpha value is -1.49. The fourth-order valence-electron chi connectivity index (χ4n) is 2.78. The summed E-state index contributed by atoms with van der Waals surface area (Å²) in [5.74, 6) is 0.594. The number of rotatable bonds is 2. The van der Waals surface area contributed by atoms with Crippen LogP contribution in [0.4, 0.5) is 5.69 Å². The maximum atomic E-state index is 9.21. The highest BCUT2D eigenvalue weighted by molar-refractivity contribution is 5.61. The van der Waals surface area contributed by atoms with E-state index in [1.807, 2.05) is 18.2 Å². The van der Waals surface area contributed by atoms with Crippen molar-refractivity contribution in [3.63, 3.8) is 0 Å². The molecule has 1 fully saturated rings. The summed E-state index contributed by atoms with van der Waals surface area (Å²) in [6, 6.07) is 10.3. The van der Waals surface area contributed by atoms with Crippen LogP contribution in [0.5, 0.6) is 0 Å². The van der Waals surface area contributed by atoms with E-state index in [1.54, 1.807) is 0 Å². The minimum atomic E-state index is 0.187. The zero-order chi connectivity index (χ0) is 12.5. The van der Waals surface area contributed by atoms with Crippen LogP contribution in [0.25, 0.3) is 0 Å². The van der Waals surface area contributed by atoms with Crippen LogP contribution in [-0.4, -0.2) is 12.1 Å². The molecule has 2 rings (SSSR count). The van der Waals surface area contributed by atoms with Crippen molar-refractivity contribution in [2.45, 2.75) is 39.2 Å². The molecule has 2 nitrogen and oxygen atoms in total. The molecule has 1 saturated heterocycles. The van der Waals surface area contributed by atoms with Crippen molar-refractivity contribution in [3.8, 4) is 6.07 Å². The fraction of sp³-hybridized carbons (Fsp3) is 0.533. The summed E-state index contributed by atoms with van der Waals surface area (Å²) in [7, 11) is 0. The second-order valence-electron chi connectivity index (χ2n) is 5.40. The predicted molar refractivity (Wildman–Crippen MR) is 71.0 cm³/mol. The lowest BCUT2D eigenvalue weighted by Gasteiger charge is -2.41. The van der Waals surface area contributed by atoms with Gasteiger partial charge in [-0.1, -0.05) is 26.0 Å². The van der Waals surface area contributed by atoms with Crippen LogP contribution in [0, 0.1) is 17.2 Å². The summed E-state index contributed by atoms with van der Waals surface area (Å²) in [5.41, 5.74) is 2.08. The van der Waals surface area contributed by atoms with Gasteiger partial charge in [0.1, 0.15) is 6.07 Å². The molecule has 0 aromatic heterocycles. The van der Waals surface area contributed by atoms with Crippen LogP contribution in [0.15, 0.2) is 24.3 Å². The monoisotopic (exact) mass is 228 g/mol. The maximum Gasteiger partial charge on any atom is 0.101 e. The smallest absolute Gasteiger partial charge is 0.101 e. The Labute approximate surface area is 104 Å². The zero-order valence-corrected chi connectivity index (χ0v) is 10.9. The lowest BCUT2D eigenvalue weighted by atomic mass is 9.85. The third kappa shape index (κ3) is 1.91. The Bertz CT molecular complexity index is 444.